The second kappa shape index (κ2) is 6.09. The number of urea groups is 1. The number of halogens is 2. The Morgan fingerprint density at radius 3 is 2.62 bits per heavy atom. The molecule has 1 N–H and O–H groups in total. The number of fused-ring (bicyclic) bond motifs is 1. The first-order chi connectivity index (χ1) is 12.5. The van der Waals surface area contributed by atoms with Crippen LogP contribution >= 0.6 is 0 Å². The summed E-state index contributed by atoms with van der Waals surface area (Å²) in [6.07, 6.45) is 0.0398. The Morgan fingerprint density at radius 2 is 1.88 bits per heavy atom. The second-order valence-electron chi connectivity index (χ2n) is 6.58. The van der Waals surface area contributed by atoms with E-state index in [-0.39, 0.29) is 23.9 Å². The highest BCUT2D eigenvalue weighted by Crippen LogP contribution is 2.40. The molecule has 2 aliphatic heterocycles. The molecule has 1 saturated heterocycles. The average Bonchev–Trinajstić information content (AvgIpc) is 2.95. The van der Waals surface area contributed by atoms with Gasteiger partial charge in [-0.3, -0.25) is 9.69 Å². The lowest BCUT2D eigenvalue weighted by atomic mass is 9.84. The Bertz CT molecular complexity index is 916. The Kier molecular flexibility index (Phi) is 3.86. The first kappa shape index (κ1) is 16.5. The molecule has 7 heteroatoms. The summed E-state index contributed by atoms with van der Waals surface area (Å²) in [6.45, 7) is 1.18. The summed E-state index contributed by atoms with van der Waals surface area (Å²) < 4.78 is 27.9. The van der Waals surface area contributed by atoms with E-state index in [4.69, 9.17) is 0 Å². The highest BCUT2D eigenvalue weighted by molar-refractivity contribution is 5.98. The number of likely N-dealkylation sites (N-methyl/N-ethyl adjacent to an activating group) is 1. The zero-order valence-electron chi connectivity index (χ0n) is 14.1. The van der Waals surface area contributed by atoms with Crippen LogP contribution in [0.3, 0.4) is 0 Å². The number of carbonyl (C=O) groups is 2. The summed E-state index contributed by atoms with van der Waals surface area (Å²) >= 11 is 0. The Morgan fingerprint density at radius 1 is 1.08 bits per heavy atom. The van der Waals surface area contributed by atoms with E-state index >= 15 is 0 Å². The number of carbonyl (C=O) groups excluding carboxylic acids is 2. The number of rotatable bonds is 2. The van der Waals surface area contributed by atoms with Gasteiger partial charge in [-0.15, -0.1) is 0 Å². The number of amides is 3. The van der Waals surface area contributed by atoms with Crippen molar-refractivity contribution in [3.05, 3.63) is 59.2 Å². The molecule has 26 heavy (non-hydrogen) atoms. The van der Waals surface area contributed by atoms with Crippen LogP contribution in [0.4, 0.5) is 25.0 Å². The van der Waals surface area contributed by atoms with E-state index in [1.54, 1.807) is 35.0 Å². The summed E-state index contributed by atoms with van der Waals surface area (Å²) in [4.78, 5) is 27.6. The van der Waals surface area contributed by atoms with E-state index in [1.165, 1.54) is 12.1 Å². The fourth-order valence-corrected chi connectivity index (χ4v) is 3.57. The molecule has 0 saturated carbocycles. The maximum absolute atomic E-state index is 14.3. The molecule has 2 heterocycles. The van der Waals surface area contributed by atoms with Crippen molar-refractivity contribution in [3.63, 3.8) is 0 Å². The fraction of sp³-hybridized carbons (Fsp3) is 0.263. The second-order valence-corrected chi connectivity index (χ2v) is 6.58. The van der Waals surface area contributed by atoms with Gasteiger partial charge in [0.2, 0.25) is 5.91 Å². The largest absolute Gasteiger partial charge is 0.326 e. The van der Waals surface area contributed by atoms with Crippen molar-refractivity contribution in [2.24, 2.45) is 0 Å². The quantitative estimate of drug-likeness (QED) is 0.897. The number of anilines is 2. The van der Waals surface area contributed by atoms with Gasteiger partial charge in [0.25, 0.3) is 0 Å². The molecule has 1 atom stereocenters. The van der Waals surface area contributed by atoms with Gasteiger partial charge >= 0.3 is 6.03 Å². The number of hydrogen-bond donors (Lipinski definition) is 1. The normalized spacial score (nSPS) is 19.6. The summed E-state index contributed by atoms with van der Waals surface area (Å²) in [5.41, 5.74) is 2.05. The minimum absolute atomic E-state index is 0.0398. The molecule has 0 aromatic heterocycles. The molecular formula is C19H17F2N3O2. The zero-order chi connectivity index (χ0) is 18.4. The number of hydrogen-bond acceptors (Lipinski definition) is 2. The van der Waals surface area contributed by atoms with E-state index in [0.29, 0.717) is 30.0 Å². The van der Waals surface area contributed by atoms with Crippen LogP contribution in [0.5, 0.6) is 0 Å². The van der Waals surface area contributed by atoms with Crippen LogP contribution in [0.2, 0.25) is 0 Å². The minimum Gasteiger partial charge on any atom is -0.326 e. The van der Waals surface area contributed by atoms with E-state index in [9.17, 15) is 18.4 Å². The van der Waals surface area contributed by atoms with Gasteiger partial charge in [-0.1, -0.05) is 18.2 Å². The summed E-state index contributed by atoms with van der Waals surface area (Å²) in [5.74, 6) is -2.70. The van der Waals surface area contributed by atoms with Gasteiger partial charge in [0.1, 0.15) is 0 Å². The van der Waals surface area contributed by atoms with E-state index in [0.717, 1.165) is 6.07 Å². The van der Waals surface area contributed by atoms with Crippen LogP contribution in [0.15, 0.2) is 36.4 Å². The topological polar surface area (TPSA) is 52.6 Å². The Labute approximate surface area is 149 Å². The zero-order valence-corrected chi connectivity index (χ0v) is 14.1. The third-order valence-electron chi connectivity index (χ3n) is 4.96. The number of benzene rings is 2. The van der Waals surface area contributed by atoms with Gasteiger partial charge < -0.3 is 10.2 Å². The lowest BCUT2D eigenvalue weighted by molar-refractivity contribution is -0.116. The van der Waals surface area contributed by atoms with E-state index in [2.05, 4.69) is 5.32 Å². The van der Waals surface area contributed by atoms with Gasteiger partial charge in [-0.2, -0.15) is 0 Å². The molecule has 3 amide bonds. The van der Waals surface area contributed by atoms with Crippen molar-refractivity contribution < 1.29 is 18.4 Å². The van der Waals surface area contributed by atoms with Crippen molar-refractivity contribution in [2.45, 2.75) is 12.3 Å². The lowest BCUT2D eigenvalue weighted by Crippen LogP contribution is -2.30. The molecule has 0 spiro atoms. The van der Waals surface area contributed by atoms with Crippen LogP contribution in [0.1, 0.15) is 23.5 Å². The van der Waals surface area contributed by atoms with Gasteiger partial charge in [0.15, 0.2) is 11.6 Å². The third kappa shape index (κ3) is 2.60. The predicted octanol–water partition coefficient (Wildman–Crippen LogP) is 3.31. The molecule has 2 aromatic rings. The minimum atomic E-state index is -0.933. The van der Waals surface area contributed by atoms with Crippen LogP contribution < -0.4 is 10.2 Å². The monoisotopic (exact) mass is 357 g/mol. The first-order valence-corrected chi connectivity index (χ1v) is 8.36. The molecule has 1 unspecified atom stereocenters. The SMILES string of the molecule is CN1CCN(c2ccc3c(c2)NC(=O)CC3c2cccc(F)c2F)C1=O. The molecule has 4 rings (SSSR count). The van der Waals surface area contributed by atoms with E-state index < -0.39 is 17.6 Å². The molecule has 1 fully saturated rings. The number of nitrogens with one attached hydrogen (secondary N) is 1. The van der Waals surface area contributed by atoms with Crippen LogP contribution in [0, 0.1) is 11.6 Å². The van der Waals surface area contributed by atoms with Crippen molar-refractivity contribution in [1.82, 2.24) is 4.90 Å². The van der Waals surface area contributed by atoms with Crippen molar-refractivity contribution in [2.75, 3.05) is 30.4 Å². The average molecular weight is 357 g/mol. The fourth-order valence-electron chi connectivity index (χ4n) is 3.57. The van der Waals surface area contributed by atoms with Gasteiger partial charge in [0, 0.05) is 43.9 Å². The first-order valence-electron chi connectivity index (χ1n) is 8.36. The molecule has 0 bridgehead atoms. The molecule has 2 aromatic carbocycles. The molecule has 2 aliphatic rings. The predicted molar refractivity (Wildman–Crippen MR) is 93.3 cm³/mol. The highest BCUT2D eigenvalue weighted by Gasteiger charge is 2.32. The van der Waals surface area contributed by atoms with Crippen molar-refractivity contribution in [1.29, 1.82) is 0 Å². The smallest absolute Gasteiger partial charge is 0.324 e. The van der Waals surface area contributed by atoms with Gasteiger partial charge in [-0.05, 0) is 29.3 Å². The molecule has 134 valence electrons. The summed E-state index contributed by atoms with van der Waals surface area (Å²) in [7, 11) is 1.73. The van der Waals surface area contributed by atoms with Crippen molar-refractivity contribution >= 4 is 23.3 Å². The third-order valence-corrected chi connectivity index (χ3v) is 4.96. The molecular weight excluding hydrogens is 340 g/mol. The highest BCUT2D eigenvalue weighted by atomic mass is 19.2. The van der Waals surface area contributed by atoms with Crippen molar-refractivity contribution in [3.8, 4) is 0 Å². The van der Waals surface area contributed by atoms with Crippen LogP contribution in [-0.2, 0) is 4.79 Å². The van der Waals surface area contributed by atoms with Crippen LogP contribution in [-0.4, -0.2) is 37.0 Å². The molecule has 5 nitrogen and oxygen atoms in total. The van der Waals surface area contributed by atoms with E-state index in [1.807, 2.05) is 0 Å². The maximum atomic E-state index is 14.3. The lowest BCUT2D eigenvalue weighted by Gasteiger charge is -2.28. The summed E-state index contributed by atoms with van der Waals surface area (Å²) in [6, 6.07) is 9.14. The maximum Gasteiger partial charge on any atom is 0.324 e. The summed E-state index contributed by atoms with van der Waals surface area (Å²) in [5, 5.41) is 2.78. The Balaban J connectivity index is 1.76. The van der Waals surface area contributed by atoms with Crippen LogP contribution in [0.25, 0.3) is 0 Å². The van der Waals surface area contributed by atoms with Gasteiger partial charge in [0.05, 0.1) is 0 Å². The molecule has 0 aliphatic carbocycles. The number of nitrogens with zero attached hydrogens (tertiary/aromatic N) is 2. The standard InChI is InChI=1S/C19H17F2N3O2/c1-23-7-8-24(19(23)26)11-5-6-12-14(10-17(25)22-16(12)9-11)13-3-2-4-15(20)18(13)21/h2-6,9,14H,7-8,10H2,1H3,(H,22,25). The molecule has 0 radical (unpaired) electrons. The Hall–Kier alpha value is -2.96. The van der Waals surface area contributed by atoms with Gasteiger partial charge in [-0.25, -0.2) is 13.6 Å².